The molecule has 20 heavy (non-hydrogen) atoms. The highest BCUT2D eigenvalue weighted by Gasteiger charge is 2.29. The average Bonchev–Trinajstić information content (AvgIpc) is 2.74. The van der Waals surface area contributed by atoms with Crippen LogP contribution in [-0.2, 0) is 4.79 Å². The summed E-state index contributed by atoms with van der Waals surface area (Å²) in [6, 6.07) is -0.239. The molecule has 0 aromatic carbocycles. The molecule has 0 spiro atoms. The topological polar surface area (TPSA) is 69.6 Å². The molecule has 1 heterocycles. The maximum absolute atomic E-state index is 12.2. The lowest BCUT2D eigenvalue weighted by Crippen LogP contribution is -2.45. The Kier molecular flexibility index (Phi) is 4.62. The summed E-state index contributed by atoms with van der Waals surface area (Å²) in [5, 5.41) is 11.8. The van der Waals surface area contributed by atoms with Gasteiger partial charge in [-0.25, -0.2) is 4.79 Å². The largest absolute Gasteiger partial charge is 0.481 e. The first-order valence-corrected chi connectivity index (χ1v) is 7.96. The molecule has 1 aliphatic heterocycles. The van der Waals surface area contributed by atoms with Crippen LogP contribution < -0.4 is 5.32 Å². The van der Waals surface area contributed by atoms with Gasteiger partial charge in [0.25, 0.3) is 0 Å². The molecule has 0 saturated carbocycles. The molecule has 0 aromatic rings. The molecule has 0 aromatic heterocycles. The van der Waals surface area contributed by atoms with Gasteiger partial charge in [-0.1, -0.05) is 26.0 Å². The molecular formula is C14H22N2O3S. The number of rotatable bonds is 2. The van der Waals surface area contributed by atoms with Gasteiger partial charge in [-0.15, -0.1) is 0 Å². The molecule has 0 bridgehead atoms. The Morgan fingerprint density at radius 1 is 1.35 bits per heavy atom. The first kappa shape index (κ1) is 15.2. The Balaban J connectivity index is 1.84. The fourth-order valence-electron chi connectivity index (χ4n) is 2.46. The Labute approximate surface area is 123 Å². The van der Waals surface area contributed by atoms with Crippen LogP contribution in [0.2, 0.25) is 0 Å². The lowest BCUT2D eigenvalue weighted by Gasteiger charge is -2.24. The smallest absolute Gasteiger partial charge is 0.317 e. The van der Waals surface area contributed by atoms with Gasteiger partial charge >= 0.3 is 12.0 Å². The van der Waals surface area contributed by atoms with E-state index >= 15 is 0 Å². The van der Waals surface area contributed by atoms with Crippen LogP contribution >= 0.6 is 11.8 Å². The van der Waals surface area contributed by atoms with Crippen LogP contribution in [0.4, 0.5) is 4.79 Å². The Morgan fingerprint density at radius 3 is 2.75 bits per heavy atom. The maximum Gasteiger partial charge on any atom is 0.317 e. The Hall–Kier alpha value is -1.17. The number of nitrogens with zero attached hydrogens (tertiary/aromatic N) is 1. The zero-order chi connectivity index (χ0) is 14.8. The van der Waals surface area contributed by atoms with Crippen LogP contribution in [0.15, 0.2) is 12.2 Å². The number of carbonyl (C=O) groups is 2. The molecule has 2 rings (SSSR count). The fourth-order valence-corrected chi connectivity index (χ4v) is 3.56. The second kappa shape index (κ2) is 6.08. The third-order valence-corrected chi connectivity index (χ3v) is 5.21. The number of hydrogen-bond donors (Lipinski definition) is 2. The van der Waals surface area contributed by atoms with Gasteiger partial charge in [0.05, 0.1) is 12.0 Å². The monoisotopic (exact) mass is 298 g/mol. The van der Waals surface area contributed by atoms with Crippen LogP contribution in [0.1, 0.15) is 26.7 Å². The van der Waals surface area contributed by atoms with Gasteiger partial charge in [-0.2, -0.15) is 11.8 Å². The van der Waals surface area contributed by atoms with Crippen molar-refractivity contribution in [2.45, 2.75) is 37.5 Å². The van der Waals surface area contributed by atoms with E-state index in [1.807, 2.05) is 16.7 Å². The summed E-state index contributed by atoms with van der Waals surface area (Å²) in [7, 11) is 0. The first-order chi connectivity index (χ1) is 9.37. The van der Waals surface area contributed by atoms with E-state index in [2.05, 4.69) is 19.2 Å². The second-order valence-corrected chi connectivity index (χ2v) is 7.77. The number of carboxylic acid groups (broad SMARTS) is 1. The predicted molar refractivity (Wildman–Crippen MR) is 79.9 cm³/mol. The number of amides is 2. The summed E-state index contributed by atoms with van der Waals surface area (Å²) in [5.74, 6) is -0.358. The minimum Gasteiger partial charge on any atom is -0.481 e. The van der Waals surface area contributed by atoms with Crippen molar-refractivity contribution in [2.24, 2.45) is 5.92 Å². The van der Waals surface area contributed by atoms with Crippen LogP contribution in [-0.4, -0.2) is 51.6 Å². The van der Waals surface area contributed by atoms with E-state index in [1.165, 1.54) is 0 Å². The third-order valence-electron chi connectivity index (χ3n) is 3.83. The van der Waals surface area contributed by atoms with E-state index in [1.54, 1.807) is 12.2 Å². The third kappa shape index (κ3) is 3.91. The summed E-state index contributed by atoms with van der Waals surface area (Å²) in [5.41, 5.74) is 0. The summed E-state index contributed by atoms with van der Waals surface area (Å²) >= 11 is 1.90. The molecular weight excluding hydrogens is 276 g/mol. The number of hydrogen-bond acceptors (Lipinski definition) is 3. The first-order valence-electron chi connectivity index (χ1n) is 6.98. The Morgan fingerprint density at radius 2 is 2.10 bits per heavy atom. The molecule has 2 atom stereocenters. The second-order valence-electron chi connectivity index (χ2n) is 5.97. The van der Waals surface area contributed by atoms with Crippen molar-refractivity contribution in [1.82, 2.24) is 10.2 Å². The highest BCUT2D eigenvalue weighted by Crippen LogP contribution is 2.30. The number of nitrogens with one attached hydrogen (secondary N) is 1. The number of carbonyl (C=O) groups excluding carboxylic acids is 1. The summed E-state index contributed by atoms with van der Waals surface area (Å²) in [6.07, 6.45) is 4.88. The molecule has 112 valence electrons. The summed E-state index contributed by atoms with van der Waals surface area (Å²) in [4.78, 5) is 24.9. The van der Waals surface area contributed by atoms with Gasteiger partial charge in [0.2, 0.25) is 0 Å². The predicted octanol–water partition coefficient (Wildman–Crippen LogP) is 1.94. The van der Waals surface area contributed by atoms with Crippen molar-refractivity contribution in [3.05, 3.63) is 12.2 Å². The molecule has 2 amide bonds. The van der Waals surface area contributed by atoms with Crippen LogP contribution in [0.3, 0.4) is 0 Å². The maximum atomic E-state index is 12.2. The van der Waals surface area contributed by atoms with Crippen molar-refractivity contribution in [3.63, 3.8) is 0 Å². The van der Waals surface area contributed by atoms with Gasteiger partial charge in [0.15, 0.2) is 0 Å². The molecule has 2 N–H and O–H groups in total. The highest BCUT2D eigenvalue weighted by molar-refractivity contribution is 8.00. The van der Waals surface area contributed by atoms with Crippen LogP contribution in [0.25, 0.3) is 0 Å². The summed E-state index contributed by atoms with van der Waals surface area (Å²) in [6.45, 7) is 5.91. The van der Waals surface area contributed by atoms with E-state index in [0.717, 1.165) is 25.3 Å². The molecule has 0 radical (unpaired) electrons. The van der Waals surface area contributed by atoms with Crippen molar-refractivity contribution >= 4 is 23.8 Å². The average molecular weight is 298 g/mol. The number of thioether (sulfide) groups is 1. The van der Waals surface area contributed by atoms with Crippen molar-refractivity contribution < 1.29 is 14.7 Å². The molecule has 1 fully saturated rings. The molecule has 6 heteroatoms. The van der Waals surface area contributed by atoms with Crippen LogP contribution in [0.5, 0.6) is 0 Å². The minimum absolute atomic E-state index is 0.0796. The zero-order valence-electron chi connectivity index (χ0n) is 12.0. The van der Waals surface area contributed by atoms with Gasteiger partial charge in [-0.05, 0) is 12.8 Å². The van der Waals surface area contributed by atoms with Gasteiger partial charge in [0, 0.05) is 23.6 Å². The standard InChI is InChI=1S/C14H22N2O3S/c1-14(2)5-6-16(7-8-20-14)13(19)15-11-4-3-10(9-11)12(17)18/h3-4,10-11H,5-9H2,1-2H3,(H,15,19)(H,17,18). The molecule has 1 saturated heterocycles. The van der Waals surface area contributed by atoms with Crippen molar-refractivity contribution in [1.29, 1.82) is 0 Å². The molecule has 1 aliphatic carbocycles. The van der Waals surface area contributed by atoms with E-state index in [4.69, 9.17) is 5.11 Å². The minimum atomic E-state index is -0.828. The van der Waals surface area contributed by atoms with E-state index in [-0.39, 0.29) is 16.8 Å². The van der Waals surface area contributed by atoms with Gasteiger partial charge in [-0.3, -0.25) is 4.79 Å². The number of aliphatic carboxylic acids is 1. The van der Waals surface area contributed by atoms with Gasteiger partial charge < -0.3 is 15.3 Å². The van der Waals surface area contributed by atoms with Gasteiger partial charge in [0.1, 0.15) is 0 Å². The number of carboxylic acids is 1. The van der Waals surface area contributed by atoms with Crippen LogP contribution in [0, 0.1) is 5.92 Å². The summed E-state index contributed by atoms with van der Waals surface area (Å²) < 4.78 is 0.219. The van der Waals surface area contributed by atoms with Crippen molar-refractivity contribution in [2.75, 3.05) is 18.8 Å². The van der Waals surface area contributed by atoms with E-state index in [0.29, 0.717) is 6.42 Å². The van der Waals surface area contributed by atoms with E-state index in [9.17, 15) is 9.59 Å². The molecule has 2 aliphatic rings. The van der Waals surface area contributed by atoms with Crippen molar-refractivity contribution in [3.8, 4) is 0 Å². The normalized spacial score (nSPS) is 29.0. The number of urea groups is 1. The zero-order valence-corrected chi connectivity index (χ0v) is 12.8. The quantitative estimate of drug-likeness (QED) is 0.764. The lowest BCUT2D eigenvalue weighted by atomic mass is 10.1. The molecule has 2 unspecified atom stereocenters. The molecule has 5 nitrogen and oxygen atoms in total. The highest BCUT2D eigenvalue weighted by atomic mass is 32.2. The Bertz CT molecular complexity index is 423. The van der Waals surface area contributed by atoms with E-state index < -0.39 is 11.9 Å². The fraction of sp³-hybridized carbons (Fsp3) is 0.714. The SMILES string of the molecule is CC1(C)CCN(C(=O)NC2C=CC(C(=O)O)C2)CCS1. The lowest BCUT2D eigenvalue weighted by molar-refractivity contribution is -0.140.